The Kier molecular flexibility index (Phi) is 4.88. The van der Waals surface area contributed by atoms with Gasteiger partial charge in [-0.15, -0.1) is 0 Å². The summed E-state index contributed by atoms with van der Waals surface area (Å²) in [6.07, 6.45) is 4.74. The normalized spacial score (nSPS) is 25.1. The highest BCUT2D eigenvalue weighted by atomic mass is 16.5. The molecule has 1 amide bonds. The first-order valence-electron chi connectivity index (χ1n) is 11.3. The first kappa shape index (κ1) is 21.4. The molecule has 7 nitrogen and oxygen atoms in total. The molecule has 0 radical (unpaired) electrons. The molecule has 1 unspecified atom stereocenters. The van der Waals surface area contributed by atoms with E-state index >= 15 is 0 Å². The lowest BCUT2D eigenvalue weighted by Crippen LogP contribution is -2.58. The maximum atomic E-state index is 13.6. The minimum absolute atomic E-state index is 0.0374. The molecule has 3 aliphatic heterocycles. The lowest BCUT2D eigenvalue weighted by molar-refractivity contribution is -0.120. The predicted octanol–water partition coefficient (Wildman–Crippen LogP) is 4.55. The van der Waals surface area contributed by atoms with Crippen LogP contribution in [0.1, 0.15) is 44.9 Å². The molecule has 7 heteroatoms. The Morgan fingerprint density at radius 1 is 1.24 bits per heavy atom. The molecule has 0 fully saturated rings. The lowest BCUT2D eigenvalue weighted by atomic mass is 9.62. The van der Waals surface area contributed by atoms with Gasteiger partial charge in [0.25, 0.3) is 5.91 Å². The van der Waals surface area contributed by atoms with E-state index in [1.165, 1.54) is 0 Å². The number of amides is 1. The Bertz CT molecular complexity index is 1240. The number of methoxy groups -OCH3 is 1. The summed E-state index contributed by atoms with van der Waals surface area (Å²) in [5, 5.41) is 15.4. The predicted molar refractivity (Wildman–Crippen MR) is 127 cm³/mol. The van der Waals surface area contributed by atoms with E-state index in [-0.39, 0.29) is 17.6 Å². The van der Waals surface area contributed by atoms with Gasteiger partial charge in [0, 0.05) is 34.5 Å². The molecular formula is C26H29N5O2. The van der Waals surface area contributed by atoms with E-state index < -0.39 is 5.41 Å². The van der Waals surface area contributed by atoms with Crippen molar-refractivity contribution >= 4 is 5.91 Å². The van der Waals surface area contributed by atoms with Gasteiger partial charge in [0.05, 0.1) is 30.5 Å². The van der Waals surface area contributed by atoms with Gasteiger partial charge in [0.15, 0.2) is 6.17 Å². The fraction of sp³-hybridized carbons (Fsp3) is 0.385. The second-order valence-electron chi connectivity index (χ2n) is 9.60. The number of carbonyl (C=O) groups is 1. The van der Waals surface area contributed by atoms with Gasteiger partial charge in [0.2, 0.25) is 0 Å². The number of hydrogen-bond acceptors (Lipinski definition) is 6. The zero-order chi connectivity index (χ0) is 23.4. The highest BCUT2D eigenvalue weighted by Crippen LogP contribution is 2.51. The number of benzene rings is 1. The molecule has 0 spiro atoms. The Labute approximate surface area is 194 Å². The molecule has 1 aromatic heterocycles. The molecule has 1 aromatic carbocycles. The van der Waals surface area contributed by atoms with Crippen molar-refractivity contribution in [2.45, 2.75) is 57.7 Å². The second kappa shape index (κ2) is 7.54. The smallest absolute Gasteiger partial charge is 0.250 e. The topological polar surface area (TPSA) is 88.0 Å². The van der Waals surface area contributed by atoms with Gasteiger partial charge in [0.1, 0.15) is 5.75 Å². The SMILES string of the molecule is CC[C@]1(c2cccc(-c3cc(C)ncc3OC)c2)C2=CN=NC2NC2=C1C(=O)NC(C)(C)C2. The Balaban J connectivity index is 1.74. The standard InChI is InChI=1S/C26H29N5O2/c1-6-26(17-9-7-8-16(11-17)18-10-15(2)27-14-21(18)33-5)19-13-28-31-23(19)29-20-12-25(3,4)30-24(32)22(20)26/h7-11,13-14,23,29H,6,12H2,1-5H3,(H,30,32)/t23?,26-/m0/s1. The molecule has 4 heterocycles. The quantitative estimate of drug-likeness (QED) is 0.726. The van der Waals surface area contributed by atoms with Crippen LogP contribution >= 0.6 is 0 Å². The maximum Gasteiger partial charge on any atom is 0.250 e. The first-order valence-corrected chi connectivity index (χ1v) is 11.3. The Morgan fingerprint density at radius 2 is 2.06 bits per heavy atom. The fourth-order valence-electron chi connectivity index (χ4n) is 5.49. The average Bonchev–Trinajstić information content (AvgIpc) is 3.25. The van der Waals surface area contributed by atoms with Crippen LogP contribution < -0.4 is 15.4 Å². The fourth-order valence-corrected chi connectivity index (χ4v) is 5.49. The van der Waals surface area contributed by atoms with Crippen LogP contribution in [-0.2, 0) is 10.2 Å². The van der Waals surface area contributed by atoms with Crippen molar-refractivity contribution in [2.24, 2.45) is 10.2 Å². The van der Waals surface area contributed by atoms with Crippen molar-refractivity contribution in [2.75, 3.05) is 7.11 Å². The van der Waals surface area contributed by atoms with Crippen LogP contribution in [0.15, 0.2) is 69.8 Å². The van der Waals surface area contributed by atoms with Gasteiger partial charge in [-0.2, -0.15) is 10.2 Å². The molecule has 2 atom stereocenters. The summed E-state index contributed by atoms with van der Waals surface area (Å²) in [7, 11) is 1.65. The zero-order valence-corrected chi connectivity index (χ0v) is 19.7. The molecule has 170 valence electrons. The van der Waals surface area contributed by atoms with Crippen molar-refractivity contribution in [1.82, 2.24) is 15.6 Å². The number of ether oxygens (including phenoxy) is 1. The number of fused-ring (bicyclic) bond motifs is 1. The number of azo groups is 1. The highest BCUT2D eigenvalue weighted by Gasteiger charge is 2.53. The maximum absolute atomic E-state index is 13.6. The van der Waals surface area contributed by atoms with Crippen LogP contribution in [0.5, 0.6) is 5.75 Å². The number of rotatable bonds is 4. The molecule has 2 aromatic rings. The number of hydrogen-bond donors (Lipinski definition) is 2. The molecular weight excluding hydrogens is 414 g/mol. The van der Waals surface area contributed by atoms with Gasteiger partial charge in [-0.3, -0.25) is 9.78 Å². The van der Waals surface area contributed by atoms with Gasteiger partial charge in [-0.05, 0) is 50.5 Å². The second-order valence-corrected chi connectivity index (χ2v) is 9.60. The van der Waals surface area contributed by atoms with E-state index in [1.807, 2.05) is 39.1 Å². The van der Waals surface area contributed by atoms with Crippen LogP contribution in [0.4, 0.5) is 0 Å². The average molecular weight is 444 g/mol. The number of aromatic nitrogens is 1. The highest BCUT2D eigenvalue weighted by molar-refractivity contribution is 6.00. The lowest BCUT2D eigenvalue weighted by Gasteiger charge is -2.48. The number of nitrogens with one attached hydrogen (secondary N) is 2. The molecule has 3 aliphatic rings. The number of aryl methyl sites for hydroxylation is 1. The monoisotopic (exact) mass is 443 g/mol. The van der Waals surface area contributed by atoms with Crippen molar-refractivity contribution in [3.63, 3.8) is 0 Å². The first-order chi connectivity index (χ1) is 15.8. The Hall–Kier alpha value is -3.48. The molecule has 0 bridgehead atoms. The summed E-state index contributed by atoms with van der Waals surface area (Å²) in [6.45, 7) is 8.19. The summed E-state index contributed by atoms with van der Waals surface area (Å²) >= 11 is 0. The van der Waals surface area contributed by atoms with Crippen LogP contribution in [-0.4, -0.2) is 29.7 Å². The van der Waals surface area contributed by atoms with E-state index in [1.54, 1.807) is 13.3 Å². The van der Waals surface area contributed by atoms with Crippen molar-refractivity contribution in [3.8, 4) is 16.9 Å². The van der Waals surface area contributed by atoms with Crippen molar-refractivity contribution < 1.29 is 9.53 Å². The summed E-state index contributed by atoms with van der Waals surface area (Å²) in [5.41, 5.74) is 5.73. The molecule has 0 aliphatic carbocycles. The van der Waals surface area contributed by atoms with Crippen LogP contribution in [0.3, 0.4) is 0 Å². The van der Waals surface area contributed by atoms with Gasteiger partial charge in [-0.1, -0.05) is 25.1 Å². The number of pyridine rings is 1. The molecule has 33 heavy (non-hydrogen) atoms. The van der Waals surface area contributed by atoms with Gasteiger partial charge < -0.3 is 15.4 Å². The minimum Gasteiger partial charge on any atom is -0.494 e. The third-order valence-electron chi connectivity index (χ3n) is 6.92. The van der Waals surface area contributed by atoms with E-state index in [4.69, 9.17) is 4.74 Å². The number of carbonyl (C=O) groups excluding carboxylic acids is 1. The number of nitrogens with zero attached hydrogens (tertiary/aromatic N) is 3. The van der Waals surface area contributed by atoms with Crippen molar-refractivity contribution in [3.05, 3.63) is 70.8 Å². The van der Waals surface area contributed by atoms with Crippen LogP contribution in [0, 0.1) is 6.92 Å². The summed E-state index contributed by atoms with van der Waals surface area (Å²) in [4.78, 5) is 17.9. The van der Waals surface area contributed by atoms with E-state index in [0.29, 0.717) is 18.6 Å². The summed E-state index contributed by atoms with van der Waals surface area (Å²) in [5.74, 6) is 0.679. The molecule has 5 rings (SSSR count). The van der Waals surface area contributed by atoms with Crippen LogP contribution in [0.2, 0.25) is 0 Å². The zero-order valence-electron chi connectivity index (χ0n) is 19.7. The molecule has 0 saturated heterocycles. The molecule has 0 saturated carbocycles. The summed E-state index contributed by atoms with van der Waals surface area (Å²) in [6, 6.07) is 10.4. The van der Waals surface area contributed by atoms with Gasteiger partial charge >= 0.3 is 0 Å². The van der Waals surface area contributed by atoms with E-state index in [2.05, 4.69) is 51.0 Å². The largest absolute Gasteiger partial charge is 0.494 e. The third kappa shape index (κ3) is 3.25. The third-order valence-corrected chi connectivity index (χ3v) is 6.92. The van der Waals surface area contributed by atoms with Crippen molar-refractivity contribution in [1.29, 1.82) is 0 Å². The minimum atomic E-state index is -0.624. The van der Waals surface area contributed by atoms with E-state index in [9.17, 15) is 4.79 Å². The Morgan fingerprint density at radius 3 is 2.82 bits per heavy atom. The molecule has 2 N–H and O–H groups in total. The van der Waals surface area contributed by atoms with E-state index in [0.717, 1.165) is 39.2 Å². The van der Waals surface area contributed by atoms with Crippen LogP contribution in [0.25, 0.3) is 11.1 Å². The summed E-state index contributed by atoms with van der Waals surface area (Å²) < 4.78 is 5.60. The van der Waals surface area contributed by atoms with Gasteiger partial charge in [-0.25, -0.2) is 0 Å².